The molecule has 1 amide bonds. The molecular weight excluding hydrogens is 464 g/mol. The summed E-state index contributed by atoms with van der Waals surface area (Å²) in [6.45, 7) is 4.27. The van der Waals surface area contributed by atoms with E-state index in [0.29, 0.717) is 10.8 Å². The van der Waals surface area contributed by atoms with E-state index in [0.717, 1.165) is 60.5 Å². The number of amides is 1. The van der Waals surface area contributed by atoms with Gasteiger partial charge in [0.1, 0.15) is 11.6 Å². The second-order valence-electron chi connectivity index (χ2n) is 9.13. The van der Waals surface area contributed by atoms with Gasteiger partial charge in [-0.2, -0.15) is 5.10 Å². The number of benzene rings is 1. The van der Waals surface area contributed by atoms with Crippen LogP contribution in [0.15, 0.2) is 53.3 Å². The molecule has 0 saturated heterocycles. The Hall–Kier alpha value is -3.39. The standard InChI is InChI=1S/C26H29ClN6O2/c1-3-16(2)23-31-24(19-15-28-33(25(19)32-23)21-8-5-4-7-20(21)27)29-17-10-12-18(13-11-17)30-26(34)22-9-6-14-35-22/h4-9,14-18H,3,10-13H2,1-2H3,(H,30,34)(H,29,31,32)/t16-,17?,18?/m0/s1. The number of anilines is 1. The highest BCUT2D eigenvalue weighted by molar-refractivity contribution is 6.32. The quantitative estimate of drug-likeness (QED) is 0.342. The summed E-state index contributed by atoms with van der Waals surface area (Å²) in [7, 11) is 0. The highest BCUT2D eigenvalue weighted by Gasteiger charge is 2.25. The molecule has 3 aromatic heterocycles. The van der Waals surface area contributed by atoms with Crippen molar-refractivity contribution in [2.24, 2.45) is 0 Å². The number of rotatable bonds is 7. The highest BCUT2D eigenvalue weighted by Crippen LogP contribution is 2.30. The molecule has 5 rings (SSSR count). The van der Waals surface area contributed by atoms with Gasteiger partial charge in [0.25, 0.3) is 5.91 Å². The van der Waals surface area contributed by atoms with Crippen LogP contribution in [0.2, 0.25) is 5.02 Å². The zero-order valence-electron chi connectivity index (χ0n) is 19.9. The van der Waals surface area contributed by atoms with Gasteiger partial charge in [0.2, 0.25) is 0 Å². The summed E-state index contributed by atoms with van der Waals surface area (Å²) in [6, 6.07) is 11.4. The Morgan fingerprint density at radius 3 is 2.63 bits per heavy atom. The monoisotopic (exact) mass is 492 g/mol. The van der Waals surface area contributed by atoms with Gasteiger partial charge in [0, 0.05) is 18.0 Å². The molecule has 1 fully saturated rings. The van der Waals surface area contributed by atoms with E-state index in [2.05, 4.69) is 29.6 Å². The Balaban J connectivity index is 1.36. The average Bonchev–Trinajstić information content (AvgIpc) is 3.56. The minimum Gasteiger partial charge on any atom is -0.459 e. The summed E-state index contributed by atoms with van der Waals surface area (Å²) in [5.74, 6) is 1.99. The number of nitrogens with one attached hydrogen (secondary N) is 2. The topological polar surface area (TPSA) is 97.9 Å². The van der Waals surface area contributed by atoms with Crippen LogP contribution in [0.4, 0.5) is 5.82 Å². The maximum atomic E-state index is 12.3. The molecule has 1 saturated carbocycles. The van der Waals surface area contributed by atoms with E-state index in [4.69, 9.17) is 26.0 Å². The first-order valence-corrected chi connectivity index (χ1v) is 12.5. The first-order valence-electron chi connectivity index (χ1n) is 12.1. The van der Waals surface area contributed by atoms with E-state index in [-0.39, 0.29) is 23.9 Å². The van der Waals surface area contributed by atoms with E-state index in [1.54, 1.807) is 23.0 Å². The van der Waals surface area contributed by atoms with Crippen LogP contribution in [-0.4, -0.2) is 37.7 Å². The van der Waals surface area contributed by atoms with Crippen LogP contribution in [-0.2, 0) is 0 Å². The third kappa shape index (κ3) is 4.89. The molecule has 0 aliphatic heterocycles. The fraction of sp³-hybridized carbons (Fsp3) is 0.385. The molecule has 182 valence electrons. The van der Waals surface area contributed by atoms with Crippen LogP contribution < -0.4 is 10.6 Å². The van der Waals surface area contributed by atoms with Gasteiger partial charge in [-0.25, -0.2) is 14.6 Å². The number of para-hydroxylation sites is 1. The summed E-state index contributed by atoms with van der Waals surface area (Å²) in [4.78, 5) is 22.1. The van der Waals surface area contributed by atoms with Crippen molar-refractivity contribution in [3.05, 3.63) is 65.5 Å². The second kappa shape index (κ2) is 10.1. The lowest BCUT2D eigenvalue weighted by Crippen LogP contribution is -2.40. The molecule has 0 spiro atoms. The van der Waals surface area contributed by atoms with E-state index < -0.39 is 0 Å². The van der Waals surface area contributed by atoms with Crippen molar-refractivity contribution in [1.29, 1.82) is 0 Å². The fourth-order valence-corrected chi connectivity index (χ4v) is 4.69. The number of nitrogens with zero attached hydrogens (tertiary/aromatic N) is 4. The van der Waals surface area contributed by atoms with Crippen molar-refractivity contribution in [2.75, 3.05) is 5.32 Å². The van der Waals surface area contributed by atoms with Crippen molar-refractivity contribution in [1.82, 2.24) is 25.1 Å². The molecule has 0 radical (unpaired) electrons. The van der Waals surface area contributed by atoms with Crippen LogP contribution >= 0.6 is 11.6 Å². The number of hydrogen-bond acceptors (Lipinski definition) is 6. The average molecular weight is 493 g/mol. The Kier molecular flexibility index (Phi) is 6.72. The number of fused-ring (bicyclic) bond motifs is 1. The Labute approximate surface area is 209 Å². The Morgan fingerprint density at radius 2 is 1.91 bits per heavy atom. The SMILES string of the molecule is CC[C@H](C)c1nc(NC2CCC(NC(=O)c3ccco3)CC2)c2cnn(-c3ccccc3Cl)c2n1. The number of furan rings is 1. The van der Waals surface area contributed by atoms with E-state index >= 15 is 0 Å². The van der Waals surface area contributed by atoms with Gasteiger partial charge in [-0.3, -0.25) is 4.79 Å². The van der Waals surface area contributed by atoms with Crippen molar-refractivity contribution >= 4 is 34.4 Å². The van der Waals surface area contributed by atoms with Crippen LogP contribution in [0, 0.1) is 0 Å². The highest BCUT2D eigenvalue weighted by atomic mass is 35.5. The molecule has 1 atom stereocenters. The van der Waals surface area contributed by atoms with E-state index in [9.17, 15) is 4.79 Å². The fourth-order valence-electron chi connectivity index (χ4n) is 4.48. The molecule has 35 heavy (non-hydrogen) atoms. The second-order valence-corrected chi connectivity index (χ2v) is 9.54. The van der Waals surface area contributed by atoms with Gasteiger partial charge in [-0.1, -0.05) is 37.6 Å². The number of carbonyl (C=O) groups is 1. The summed E-state index contributed by atoms with van der Waals surface area (Å²) in [5, 5.41) is 12.8. The van der Waals surface area contributed by atoms with Gasteiger partial charge < -0.3 is 15.1 Å². The van der Waals surface area contributed by atoms with Gasteiger partial charge >= 0.3 is 0 Å². The van der Waals surface area contributed by atoms with E-state index in [1.807, 2.05) is 24.3 Å². The van der Waals surface area contributed by atoms with Gasteiger partial charge in [-0.15, -0.1) is 0 Å². The molecule has 9 heteroatoms. The number of halogens is 1. The first kappa shape index (κ1) is 23.4. The largest absolute Gasteiger partial charge is 0.459 e. The van der Waals surface area contributed by atoms with E-state index in [1.165, 1.54) is 6.26 Å². The third-order valence-corrected chi connectivity index (χ3v) is 7.05. The third-order valence-electron chi connectivity index (χ3n) is 6.73. The minimum atomic E-state index is -0.158. The summed E-state index contributed by atoms with van der Waals surface area (Å²) < 4.78 is 6.99. The molecule has 0 bridgehead atoms. The van der Waals surface area contributed by atoms with Crippen LogP contribution in [0.1, 0.15) is 68.2 Å². The Bertz CT molecular complexity index is 1310. The lowest BCUT2D eigenvalue weighted by atomic mass is 9.91. The number of carbonyl (C=O) groups excluding carboxylic acids is 1. The summed E-state index contributed by atoms with van der Waals surface area (Å²) in [5.41, 5.74) is 1.53. The molecule has 0 unspecified atom stereocenters. The molecule has 2 N–H and O–H groups in total. The predicted octanol–water partition coefficient (Wildman–Crippen LogP) is 5.73. The van der Waals surface area contributed by atoms with Gasteiger partial charge in [-0.05, 0) is 56.4 Å². The molecule has 8 nitrogen and oxygen atoms in total. The zero-order valence-corrected chi connectivity index (χ0v) is 20.6. The minimum absolute atomic E-state index is 0.134. The summed E-state index contributed by atoms with van der Waals surface area (Å²) in [6.07, 6.45) is 7.87. The first-order chi connectivity index (χ1) is 17.0. The maximum Gasteiger partial charge on any atom is 0.287 e. The Morgan fingerprint density at radius 1 is 1.14 bits per heavy atom. The molecule has 1 aromatic carbocycles. The number of hydrogen-bond donors (Lipinski definition) is 2. The molecule has 1 aliphatic carbocycles. The molecule has 1 aliphatic rings. The van der Waals surface area contributed by atoms with Crippen molar-refractivity contribution in [3.8, 4) is 5.69 Å². The maximum absolute atomic E-state index is 12.3. The van der Waals surface area contributed by atoms with Gasteiger partial charge in [0.15, 0.2) is 11.4 Å². The van der Waals surface area contributed by atoms with Crippen molar-refractivity contribution in [2.45, 2.75) is 64.0 Å². The normalized spacial score (nSPS) is 18.9. The van der Waals surface area contributed by atoms with Gasteiger partial charge in [0.05, 0.1) is 28.6 Å². The van der Waals surface area contributed by atoms with Crippen LogP contribution in [0.25, 0.3) is 16.7 Å². The smallest absolute Gasteiger partial charge is 0.287 e. The lowest BCUT2D eigenvalue weighted by Gasteiger charge is -2.30. The predicted molar refractivity (Wildman–Crippen MR) is 136 cm³/mol. The molecule has 3 heterocycles. The number of aromatic nitrogens is 4. The molecular formula is C26H29ClN6O2. The summed E-state index contributed by atoms with van der Waals surface area (Å²) >= 11 is 6.47. The van der Waals surface area contributed by atoms with Crippen LogP contribution in [0.5, 0.6) is 0 Å². The van der Waals surface area contributed by atoms with Crippen molar-refractivity contribution < 1.29 is 9.21 Å². The zero-order chi connectivity index (χ0) is 24.4. The van der Waals surface area contributed by atoms with Crippen LogP contribution in [0.3, 0.4) is 0 Å². The lowest BCUT2D eigenvalue weighted by molar-refractivity contribution is 0.0898. The molecule has 4 aromatic rings. The van der Waals surface area contributed by atoms with Crippen molar-refractivity contribution in [3.63, 3.8) is 0 Å².